The molecule has 0 aromatic carbocycles. The summed E-state index contributed by atoms with van der Waals surface area (Å²) in [5.41, 5.74) is 0.275. The first kappa shape index (κ1) is 17.0. The lowest BCUT2D eigenvalue weighted by Gasteiger charge is -2.42. The Morgan fingerprint density at radius 2 is 1.53 bits per heavy atom. The minimum atomic E-state index is 0.275. The van der Waals surface area contributed by atoms with Crippen molar-refractivity contribution in [1.29, 1.82) is 0 Å². The number of hydrogen-bond acceptors (Lipinski definition) is 2. The minimum Gasteiger partial charge on any atom is -0.384 e. The third-order valence-electron chi connectivity index (χ3n) is 4.86. The first-order valence-corrected chi connectivity index (χ1v) is 8.27. The molecule has 2 heteroatoms. The Hall–Kier alpha value is -0.0800. The molecule has 1 rings (SSSR count). The smallest absolute Gasteiger partial charge is 0.0543 e. The van der Waals surface area contributed by atoms with E-state index in [0.29, 0.717) is 0 Å². The van der Waals surface area contributed by atoms with Crippen molar-refractivity contribution in [1.82, 2.24) is 0 Å². The maximum absolute atomic E-state index is 5.59. The summed E-state index contributed by atoms with van der Waals surface area (Å²) in [6, 6.07) is 0. The van der Waals surface area contributed by atoms with E-state index in [4.69, 9.17) is 9.47 Å². The Labute approximate surface area is 120 Å². The first-order chi connectivity index (χ1) is 9.29. The van der Waals surface area contributed by atoms with Crippen molar-refractivity contribution in [2.24, 2.45) is 11.3 Å². The highest BCUT2D eigenvalue weighted by Crippen LogP contribution is 2.43. The van der Waals surface area contributed by atoms with Crippen molar-refractivity contribution in [3.05, 3.63) is 0 Å². The maximum atomic E-state index is 5.59. The van der Waals surface area contributed by atoms with Gasteiger partial charge < -0.3 is 9.47 Å². The highest BCUT2D eigenvalue weighted by Gasteiger charge is 2.38. The molecule has 0 unspecified atom stereocenters. The molecule has 0 aliphatic heterocycles. The summed E-state index contributed by atoms with van der Waals surface area (Å²) in [4.78, 5) is 0. The van der Waals surface area contributed by atoms with E-state index in [2.05, 4.69) is 6.92 Å². The summed E-state index contributed by atoms with van der Waals surface area (Å²) in [5.74, 6) is 0.808. The highest BCUT2D eigenvalue weighted by atomic mass is 16.5. The highest BCUT2D eigenvalue weighted by molar-refractivity contribution is 4.88. The van der Waals surface area contributed by atoms with E-state index in [1.165, 1.54) is 64.2 Å². The second-order valence-corrected chi connectivity index (χ2v) is 6.37. The minimum absolute atomic E-state index is 0.275. The Kier molecular flexibility index (Phi) is 8.72. The normalized spacial score (nSPS) is 17.8. The second kappa shape index (κ2) is 9.77. The van der Waals surface area contributed by atoms with Gasteiger partial charge in [0, 0.05) is 19.6 Å². The third kappa shape index (κ3) is 5.43. The monoisotopic (exact) mass is 270 g/mol. The van der Waals surface area contributed by atoms with Gasteiger partial charge in [-0.3, -0.25) is 0 Å². The summed E-state index contributed by atoms with van der Waals surface area (Å²) < 4.78 is 11.2. The Balaban J connectivity index is 2.61. The molecule has 1 aliphatic carbocycles. The zero-order valence-electron chi connectivity index (χ0n) is 13.4. The fraction of sp³-hybridized carbons (Fsp3) is 1.00. The van der Waals surface area contributed by atoms with Gasteiger partial charge in [0.1, 0.15) is 0 Å². The standard InChI is InChI=1S/C17H34O2/c1-4-5-6-10-13-17(14-18-2,15-19-3)16-11-8-7-9-12-16/h16H,4-15H2,1-3H3. The molecule has 0 spiro atoms. The van der Waals surface area contributed by atoms with Crippen LogP contribution in [-0.2, 0) is 9.47 Å². The number of unbranched alkanes of at least 4 members (excludes halogenated alkanes) is 3. The lowest BCUT2D eigenvalue weighted by molar-refractivity contribution is -0.0477. The summed E-state index contributed by atoms with van der Waals surface area (Å²) >= 11 is 0. The lowest BCUT2D eigenvalue weighted by Crippen LogP contribution is -2.40. The quantitative estimate of drug-likeness (QED) is 0.530. The second-order valence-electron chi connectivity index (χ2n) is 6.37. The zero-order valence-corrected chi connectivity index (χ0v) is 13.4. The molecule has 0 aromatic heterocycles. The van der Waals surface area contributed by atoms with Gasteiger partial charge in [0.05, 0.1) is 13.2 Å². The molecule has 0 heterocycles. The molecule has 0 aromatic rings. The van der Waals surface area contributed by atoms with E-state index in [1.807, 2.05) is 14.2 Å². The third-order valence-corrected chi connectivity index (χ3v) is 4.86. The fourth-order valence-electron chi connectivity index (χ4n) is 3.82. The summed E-state index contributed by atoms with van der Waals surface area (Å²) in [6.45, 7) is 4.02. The van der Waals surface area contributed by atoms with Crippen molar-refractivity contribution in [3.8, 4) is 0 Å². The van der Waals surface area contributed by atoms with Crippen molar-refractivity contribution in [2.75, 3.05) is 27.4 Å². The van der Waals surface area contributed by atoms with Gasteiger partial charge in [0.2, 0.25) is 0 Å². The molecule has 1 saturated carbocycles. The number of rotatable bonds is 10. The van der Waals surface area contributed by atoms with Crippen molar-refractivity contribution in [2.45, 2.75) is 71.1 Å². The molecule has 0 saturated heterocycles. The Morgan fingerprint density at radius 1 is 0.895 bits per heavy atom. The molecule has 0 radical (unpaired) electrons. The predicted molar refractivity (Wildman–Crippen MR) is 81.5 cm³/mol. The summed E-state index contributed by atoms with van der Waals surface area (Å²) in [5, 5.41) is 0. The number of ether oxygens (including phenoxy) is 2. The van der Waals surface area contributed by atoms with Gasteiger partial charge in [-0.25, -0.2) is 0 Å². The van der Waals surface area contributed by atoms with Crippen molar-refractivity contribution < 1.29 is 9.47 Å². The topological polar surface area (TPSA) is 18.5 Å². The lowest BCUT2D eigenvalue weighted by atomic mass is 9.67. The Morgan fingerprint density at radius 3 is 2.05 bits per heavy atom. The molecule has 0 bridgehead atoms. The van der Waals surface area contributed by atoms with Crippen molar-refractivity contribution >= 4 is 0 Å². The van der Waals surface area contributed by atoms with E-state index < -0.39 is 0 Å². The SMILES string of the molecule is CCCCCCC(COC)(COC)C1CCCCC1. The zero-order chi connectivity index (χ0) is 14.0. The molecule has 0 atom stereocenters. The average molecular weight is 270 g/mol. The van der Waals surface area contributed by atoms with E-state index in [0.717, 1.165) is 19.1 Å². The molecular weight excluding hydrogens is 236 g/mol. The van der Waals surface area contributed by atoms with Crippen LogP contribution in [0.1, 0.15) is 71.1 Å². The summed E-state index contributed by atoms with van der Waals surface area (Å²) in [6.07, 6.45) is 13.6. The van der Waals surface area contributed by atoms with Crippen LogP contribution in [-0.4, -0.2) is 27.4 Å². The van der Waals surface area contributed by atoms with E-state index in [1.54, 1.807) is 0 Å². The fourth-order valence-corrected chi connectivity index (χ4v) is 3.82. The van der Waals surface area contributed by atoms with E-state index in [-0.39, 0.29) is 5.41 Å². The van der Waals surface area contributed by atoms with Crippen molar-refractivity contribution in [3.63, 3.8) is 0 Å². The van der Waals surface area contributed by atoms with Crippen LogP contribution in [0.2, 0.25) is 0 Å². The predicted octanol–water partition coefficient (Wildman–Crippen LogP) is 4.82. The molecular formula is C17H34O2. The Bertz CT molecular complexity index is 203. The van der Waals surface area contributed by atoms with Crippen LogP contribution in [0.4, 0.5) is 0 Å². The molecule has 1 fully saturated rings. The van der Waals surface area contributed by atoms with Crippen LogP contribution < -0.4 is 0 Å². The van der Waals surface area contributed by atoms with Crippen LogP contribution in [0.5, 0.6) is 0 Å². The van der Waals surface area contributed by atoms with Crippen LogP contribution in [0.15, 0.2) is 0 Å². The molecule has 0 N–H and O–H groups in total. The maximum Gasteiger partial charge on any atom is 0.0543 e. The molecule has 2 nitrogen and oxygen atoms in total. The molecule has 19 heavy (non-hydrogen) atoms. The van der Waals surface area contributed by atoms with E-state index >= 15 is 0 Å². The van der Waals surface area contributed by atoms with Gasteiger partial charge in [-0.2, -0.15) is 0 Å². The number of methoxy groups -OCH3 is 2. The van der Waals surface area contributed by atoms with Gasteiger partial charge in [-0.05, 0) is 25.2 Å². The molecule has 1 aliphatic rings. The van der Waals surface area contributed by atoms with Crippen LogP contribution >= 0.6 is 0 Å². The van der Waals surface area contributed by atoms with Crippen LogP contribution in [0.3, 0.4) is 0 Å². The van der Waals surface area contributed by atoms with Crippen LogP contribution in [0.25, 0.3) is 0 Å². The number of hydrogen-bond donors (Lipinski definition) is 0. The van der Waals surface area contributed by atoms with Gasteiger partial charge in [0.25, 0.3) is 0 Å². The largest absolute Gasteiger partial charge is 0.384 e. The molecule has 0 amide bonds. The van der Waals surface area contributed by atoms with E-state index in [9.17, 15) is 0 Å². The van der Waals surface area contributed by atoms with Gasteiger partial charge in [-0.1, -0.05) is 51.9 Å². The molecule has 114 valence electrons. The summed E-state index contributed by atoms with van der Waals surface area (Å²) in [7, 11) is 3.69. The van der Waals surface area contributed by atoms with Gasteiger partial charge >= 0.3 is 0 Å². The van der Waals surface area contributed by atoms with Gasteiger partial charge in [-0.15, -0.1) is 0 Å². The first-order valence-electron chi connectivity index (χ1n) is 8.27. The average Bonchev–Trinajstić information content (AvgIpc) is 2.45. The van der Waals surface area contributed by atoms with Crippen LogP contribution in [0, 0.1) is 11.3 Å². The van der Waals surface area contributed by atoms with Gasteiger partial charge in [0.15, 0.2) is 0 Å².